The van der Waals surface area contributed by atoms with Crippen molar-refractivity contribution in [2.75, 3.05) is 13.2 Å². The zero-order valence-electron chi connectivity index (χ0n) is 7.09. The van der Waals surface area contributed by atoms with Crippen molar-refractivity contribution in [1.29, 1.82) is 0 Å². The zero-order chi connectivity index (χ0) is 9.10. The van der Waals surface area contributed by atoms with Gasteiger partial charge in [-0.15, -0.1) is 0 Å². The molecule has 1 aromatic rings. The summed E-state index contributed by atoms with van der Waals surface area (Å²) >= 11 is 0. The molecule has 0 bridgehead atoms. The first kappa shape index (κ1) is 9.10. The predicted octanol–water partition coefficient (Wildman–Crippen LogP) is 2.04. The summed E-state index contributed by atoms with van der Waals surface area (Å²) in [5.74, 6) is 0.257. The van der Waals surface area contributed by atoms with Gasteiger partial charge in [0.1, 0.15) is 0 Å². The fourth-order valence-electron chi connectivity index (χ4n) is 1.31. The molecule has 70 valence electrons. The molecule has 13 heavy (non-hydrogen) atoms. The summed E-state index contributed by atoms with van der Waals surface area (Å²) in [4.78, 5) is 8.99. The minimum absolute atomic E-state index is 0.257. The molecular formula is C9H11O3P. The van der Waals surface area contributed by atoms with Gasteiger partial charge in [-0.1, -0.05) is 30.3 Å². The molecule has 1 heterocycles. The third-order valence-electron chi connectivity index (χ3n) is 2.04. The normalized spacial score (nSPS) is 28.7. The van der Waals surface area contributed by atoms with Gasteiger partial charge in [0, 0.05) is 5.92 Å². The Bertz CT molecular complexity index is 257. The Balaban J connectivity index is 2.03. The van der Waals surface area contributed by atoms with Crippen molar-refractivity contribution < 1.29 is 13.9 Å². The standard InChI is InChI=1S/C9H11O3P/c10-13-11-6-9(7-12-13)8-4-2-1-3-5-8/h1-5,9-10H,6-7H2. The summed E-state index contributed by atoms with van der Waals surface area (Å²) in [6.07, 6.45) is 0. The van der Waals surface area contributed by atoms with Gasteiger partial charge in [-0.3, -0.25) is 0 Å². The predicted molar refractivity (Wildman–Crippen MR) is 50.2 cm³/mol. The molecular weight excluding hydrogens is 187 g/mol. The van der Waals surface area contributed by atoms with Crippen LogP contribution in [0.3, 0.4) is 0 Å². The lowest BCUT2D eigenvalue weighted by Gasteiger charge is -2.24. The average molecular weight is 198 g/mol. The van der Waals surface area contributed by atoms with E-state index in [4.69, 9.17) is 13.9 Å². The summed E-state index contributed by atoms with van der Waals surface area (Å²) in [5, 5.41) is 0. The van der Waals surface area contributed by atoms with E-state index in [1.807, 2.05) is 30.3 Å². The summed E-state index contributed by atoms with van der Waals surface area (Å²) in [6, 6.07) is 10.1. The van der Waals surface area contributed by atoms with Crippen molar-refractivity contribution in [3.63, 3.8) is 0 Å². The SMILES string of the molecule is OP1OCC(c2ccccc2)CO1. The van der Waals surface area contributed by atoms with Gasteiger partial charge < -0.3 is 13.9 Å². The van der Waals surface area contributed by atoms with E-state index >= 15 is 0 Å². The highest BCUT2D eigenvalue weighted by Crippen LogP contribution is 2.40. The Morgan fingerprint density at radius 2 is 1.77 bits per heavy atom. The topological polar surface area (TPSA) is 38.7 Å². The van der Waals surface area contributed by atoms with E-state index in [1.165, 1.54) is 5.56 Å². The minimum Gasteiger partial charge on any atom is -0.328 e. The van der Waals surface area contributed by atoms with Gasteiger partial charge in [0.05, 0.1) is 13.2 Å². The summed E-state index contributed by atoms with van der Waals surface area (Å²) in [7, 11) is -1.61. The lowest BCUT2D eigenvalue weighted by atomic mass is 10.0. The Kier molecular flexibility index (Phi) is 2.91. The van der Waals surface area contributed by atoms with Crippen molar-refractivity contribution in [2.45, 2.75) is 5.92 Å². The van der Waals surface area contributed by atoms with Gasteiger partial charge in [-0.2, -0.15) is 0 Å². The molecule has 0 aliphatic carbocycles. The van der Waals surface area contributed by atoms with Crippen LogP contribution >= 0.6 is 8.60 Å². The molecule has 0 spiro atoms. The fourth-order valence-corrected chi connectivity index (χ4v) is 2.00. The lowest BCUT2D eigenvalue weighted by molar-refractivity contribution is 0.122. The van der Waals surface area contributed by atoms with E-state index in [2.05, 4.69) is 0 Å². The third-order valence-corrected chi connectivity index (χ3v) is 2.78. The van der Waals surface area contributed by atoms with Crippen molar-refractivity contribution >= 4 is 8.60 Å². The van der Waals surface area contributed by atoms with Gasteiger partial charge in [0.2, 0.25) is 0 Å². The quantitative estimate of drug-likeness (QED) is 0.702. The van der Waals surface area contributed by atoms with E-state index in [0.29, 0.717) is 13.2 Å². The number of hydrogen-bond acceptors (Lipinski definition) is 3. The first-order valence-electron chi connectivity index (χ1n) is 4.16. The van der Waals surface area contributed by atoms with E-state index < -0.39 is 8.60 Å². The highest BCUT2D eigenvalue weighted by Gasteiger charge is 2.22. The largest absolute Gasteiger partial charge is 0.329 e. The van der Waals surface area contributed by atoms with Crippen molar-refractivity contribution in [3.8, 4) is 0 Å². The lowest BCUT2D eigenvalue weighted by Crippen LogP contribution is -2.17. The van der Waals surface area contributed by atoms with Crippen LogP contribution in [0.15, 0.2) is 30.3 Å². The molecule has 1 aromatic carbocycles. The Hall–Kier alpha value is -0.470. The van der Waals surface area contributed by atoms with Gasteiger partial charge in [0.15, 0.2) is 0 Å². The average Bonchev–Trinajstić information content (AvgIpc) is 2.20. The zero-order valence-corrected chi connectivity index (χ0v) is 7.98. The minimum atomic E-state index is -1.61. The van der Waals surface area contributed by atoms with E-state index in [-0.39, 0.29) is 5.92 Å². The van der Waals surface area contributed by atoms with Crippen LogP contribution < -0.4 is 0 Å². The maximum Gasteiger partial charge on any atom is 0.329 e. The van der Waals surface area contributed by atoms with Crippen LogP contribution in [0.2, 0.25) is 0 Å². The molecule has 1 aliphatic heterocycles. The maximum atomic E-state index is 8.99. The monoisotopic (exact) mass is 198 g/mol. The van der Waals surface area contributed by atoms with Crippen LogP contribution in [0.5, 0.6) is 0 Å². The summed E-state index contributed by atoms with van der Waals surface area (Å²) < 4.78 is 10.1. The molecule has 0 radical (unpaired) electrons. The van der Waals surface area contributed by atoms with Crippen LogP contribution in [0.25, 0.3) is 0 Å². The van der Waals surface area contributed by atoms with Crippen LogP contribution in [0, 0.1) is 0 Å². The first-order valence-corrected chi connectivity index (χ1v) is 5.29. The maximum absolute atomic E-state index is 8.99. The van der Waals surface area contributed by atoms with Gasteiger partial charge >= 0.3 is 8.60 Å². The molecule has 4 heteroatoms. The second-order valence-corrected chi connectivity index (χ2v) is 3.93. The second-order valence-electron chi connectivity index (χ2n) is 2.94. The molecule has 0 aromatic heterocycles. The Labute approximate surface area is 78.3 Å². The number of benzene rings is 1. The van der Waals surface area contributed by atoms with Gasteiger partial charge in [-0.25, -0.2) is 0 Å². The number of rotatable bonds is 1. The Morgan fingerprint density at radius 3 is 2.38 bits per heavy atom. The summed E-state index contributed by atoms with van der Waals surface area (Å²) in [5.41, 5.74) is 1.20. The molecule has 1 aliphatic rings. The second kappa shape index (κ2) is 4.16. The van der Waals surface area contributed by atoms with Crippen molar-refractivity contribution in [3.05, 3.63) is 35.9 Å². The molecule has 0 unspecified atom stereocenters. The van der Waals surface area contributed by atoms with Crippen molar-refractivity contribution in [1.82, 2.24) is 0 Å². The number of hydrogen-bond donors (Lipinski definition) is 1. The molecule has 1 saturated heterocycles. The van der Waals surface area contributed by atoms with E-state index in [0.717, 1.165) is 0 Å². The first-order chi connectivity index (χ1) is 6.36. The van der Waals surface area contributed by atoms with Crippen LogP contribution in [-0.2, 0) is 9.05 Å². The van der Waals surface area contributed by atoms with E-state index in [9.17, 15) is 0 Å². The van der Waals surface area contributed by atoms with Gasteiger partial charge in [0.25, 0.3) is 0 Å². The third kappa shape index (κ3) is 2.26. The van der Waals surface area contributed by atoms with Crippen LogP contribution in [-0.4, -0.2) is 18.1 Å². The van der Waals surface area contributed by atoms with Gasteiger partial charge in [-0.05, 0) is 5.56 Å². The Morgan fingerprint density at radius 1 is 1.15 bits per heavy atom. The fraction of sp³-hybridized carbons (Fsp3) is 0.333. The highest BCUT2D eigenvalue weighted by molar-refractivity contribution is 7.40. The molecule has 0 amide bonds. The van der Waals surface area contributed by atoms with Crippen LogP contribution in [0.4, 0.5) is 0 Å². The highest BCUT2D eigenvalue weighted by atomic mass is 31.2. The molecule has 1 fully saturated rings. The molecule has 0 atom stereocenters. The van der Waals surface area contributed by atoms with E-state index in [1.54, 1.807) is 0 Å². The molecule has 0 saturated carbocycles. The smallest absolute Gasteiger partial charge is 0.328 e. The molecule has 3 nitrogen and oxygen atoms in total. The summed E-state index contributed by atoms with van der Waals surface area (Å²) in [6.45, 7) is 1.10. The van der Waals surface area contributed by atoms with Crippen LogP contribution in [0.1, 0.15) is 11.5 Å². The molecule has 2 rings (SSSR count). The van der Waals surface area contributed by atoms with Crippen molar-refractivity contribution in [2.24, 2.45) is 0 Å². The molecule has 1 N–H and O–H groups in total.